The summed E-state index contributed by atoms with van der Waals surface area (Å²) < 4.78 is 6.68. The number of carbonyl (C=O) groups excluding carboxylic acids is 2. The van der Waals surface area contributed by atoms with Crippen LogP contribution in [0, 0.1) is 0 Å². The van der Waals surface area contributed by atoms with Gasteiger partial charge >= 0.3 is 5.97 Å². The summed E-state index contributed by atoms with van der Waals surface area (Å²) in [6.07, 6.45) is 2.59. The summed E-state index contributed by atoms with van der Waals surface area (Å²) in [4.78, 5) is 29.1. The number of tetrazole rings is 1. The molecule has 3 heterocycles. The predicted octanol–water partition coefficient (Wildman–Crippen LogP) is 1.24. The van der Waals surface area contributed by atoms with E-state index in [1.54, 1.807) is 23.1 Å². The van der Waals surface area contributed by atoms with Gasteiger partial charge in [0.15, 0.2) is 0 Å². The van der Waals surface area contributed by atoms with E-state index in [1.165, 1.54) is 5.56 Å². The number of aliphatic hydroxyl groups is 1. The highest BCUT2D eigenvalue weighted by molar-refractivity contribution is 5.93. The number of nitrogens with zero attached hydrogens (tertiary/aromatic N) is 6. The van der Waals surface area contributed by atoms with Crippen molar-refractivity contribution >= 4 is 11.9 Å². The van der Waals surface area contributed by atoms with Gasteiger partial charge in [0.25, 0.3) is 0 Å². The zero-order chi connectivity index (χ0) is 23.9. The Bertz CT molecular complexity index is 1270. The van der Waals surface area contributed by atoms with E-state index >= 15 is 0 Å². The third kappa shape index (κ3) is 4.08. The number of ether oxygens (including phenoxy) is 1. The van der Waals surface area contributed by atoms with Gasteiger partial charge in [-0.25, -0.2) is 9.48 Å². The van der Waals surface area contributed by atoms with Crippen LogP contribution in [-0.4, -0.2) is 79.7 Å². The molecule has 0 spiro atoms. The molecule has 1 N–H and O–H groups in total. The van der Waals surface area contributed by atoms with Crippen LogP contribution in [0.3, 0.4) is 0 Å². The normalized spacial score (nSPS) is 20.4. The third-order valence-corrected chi connectivity index (χ3v) is 7.32. The van der Waals surface area contributed by atoms with Crippen LogP contribution in [0.4, 0.5) is 0 Å². The van der Waals surface area contributed by atoms with Crippen LogP contribution in [-0.2, 0) is 22.6 Å². The van der Waals surface area contributed by atoms with Crippen LogP contribution < -0.4 is 0 Å². The number of hydrogen-bond acceptors (Lipinski definition) is 8. The van der Waals surface area contributed by atoms with Gasteiger partial charge in [0.2, 0.25) is 5.91 Å². The molecule has 3 aliphatic rings. The predicted molar refractivity (Wildman–Crippen MR) is 124 cm³/mol. The molecule has 35 heavy (non-hydrogen) atoms. The number of piperazine rings is 1. The van der Waals surface area contributed by atoms with Gasteiger partial charge in [-0.05, 0) is 64.2 Å². The van der Waals surface area contributed by atoms with E-state index in [0.717, 1.165) is 35.2 Å². The van der Waals surface area contributed by atoms with Crippen molar-refractivity contribution < 1.29 is 19.4 Å². The lowest BCUT2D eigenvalue weighted by molar-refractivity contribution is -0.134. The molecule has 1 amide bonds. The van der Waals surface area contributed by atoms with E-state index in [-0.39, 0.29) is 24.4 Å². The van der Waals surface area contributed by atoms with Crippen LogP contribution in [0.2, 0.25) is 0 Å². The lowest BCUT2D eigenvalue weighted by Gasteiger charge is -2.37. The molecule has 10 heteroatoms. The van der Waals surface area contributed by atoms with Gasteiger partial charge in [-0.3, -0.25) is 9.69 Å². The molecule has 2 atom stereocenters. The van der Waals surface area contributed by atoms with Crippen LogP contribution in [0.25, 0.3) is 5.69 Å². The molecule has 180 valence electrons. The molecule has 0 bridgehead atoms. The molecule has 2 aliphatic heterocycles. The van der Waals surface area contributed by atoms with Crippen molar-refractivity contribution in [2.75, 3.05) is 32.7 Å². The maximum atomic E-state index is 13.3. The second-order valence-electron chi connectivity index (χ2n) is 9.36. The smallest absolute Gasteiger partial charge is 0.338 e. The summed E-state index contributed by atoms with van der Waals surface area (Å²) in [5.41, 5.74) is 5.36. The summed E-state index contributed by atoms with van der Waals surface area (Å²) in [5.74, 6) is -0.233. The molecule has 1 unspecified atom stereocenters. The molecule has 1 saturated heterocycles. The molecule has 3 aromatic rings. The number of fused-ring (bicyclic) bond motifs is 2. The lowest BCUT2D eigenvalue weighted by Crippen LogP contribution is -2.50. The first kappa shape index (κ1) is 21.9. The van der Waals surface area contributed by atoms with Gasteiger partial charge in [-0.15, -0.1) is 5.10 Å². The summed E-state index contributed by atoms with van der Waals surface area (Å²) in [6.45, 7) is 3.47. The van der Waals surface area contributed by atoms with Crippen LogP contribution in [0.5, 0.6) is 0 Å². The molecular weight excluding hydrogens is 448 g/mol. The van der Waals surface area contributed by atoms with Crippen molar-refractivity contribution in [3.05, 3.63) is 70.5 Å². The highest BCUT2D eigenvalue weighted by atomic mass is 16.5. The van der Waals surface area contributed by atoms with Crippen molar-refractivity contribution in [1.82, 2.24) is 30.0 Å². The molecule has 6 rings (SSSR count). The second kappa shape index (κ2) is 8.86. The zero-order valence-electron chi connectivity index (χ0n) is 19.2. The number of amides is 1. The molecule has 10 nitrogen and oxygen atoms in total. The van der Waals surface area contributed by atoms with E-state index < -0.39 is 6.10 Å². The Morgan fingerprint density at radius 2 is 1.97 bits per heavy atom. The quantitative estimate of drug-likeness (QED) is 0.550. The number of rotatable bonds is 5. The Morgan fingerprint density at radius 1 is 1.11 bits per heavy atom. The number of benzene rings is 2. The Morgan fingerprint density at radius 3 is 2.77 bits per heavy atom. The van der Waals surface area contributed by atoms with Crippen LogP contribution >= 0.6 is 0 Å². The zero-order valence-corrected chi connectivity index (χ0v) is 19.2. The second-order valence-corrected chi connectivity index (χ2v) is 9.36. The van der Waals surface area contributed by atoms with Gasteiger partial charge in [0.1, 0.15) is 12.9 Å². The van der Waals surface area contributed by atoms with Crippen LogP contribution in [0.15, 0.2) is 42.7 Å². The fourth-order valence-corrected chi connectivity index (χ4v) is 5.36. The first-order chi connectivity index (χ1) is 17.1. The Labute approximate surface area is 202 Å². The highest BCUT2D eigenvalue weighted by Gasteiger charge is 2.34. The molecule has 0 radical (unpaired) electrons. The summed E-state index contributed by atoms with van der Waals surface area (Å²) in [6, 6.07) is 11.4. The molecule has 2 aromatic carbocycles. The third-order valence-electron chi connectivity index (χ3n) is 7.32. The van der Waals surface area contributed by atoms with Gasteiger partial charge in [0, 0.05) is 38.3 Å². The number of cyclic esters (lactones) is 1. The largest absolute Gasteiger partial charge is 0.457 e. The lowest BCUT2D eigenvalue weighted by atomic mass is 9.99. The number of aliphatic hydroxyl groups excluding tert-OH is 1. The number of hydrogen-bond donors (Lipinski definition) is 1. The van der Waals surface area contributed by atoms with Gasteiger partial charge in [-0.2, -0.15) is 0 Å². The van der Waals surface area contributed by atoms with E-state index in [2.05, 4.69) is 26.5 Å². The molecule has 1 aromatic heterocycles. The highest BCUT2D eigenvalue weighted by Crippen LogP contribution is 2.36. The molecule has 1 aliphatic carbocycles. The number of aromatic nitrogens is 4. The monoisotopic (exact) mass is 474 g/mol. The Kier molecular flexibility index (Phi) is 5.54. The van der Waals surface area contributed by atoms with E-state index in [1.807, 2.05) is 23.1 Å². The average molecular weight is 475 g/mol. The minimum absolute atomic E-state index is 0.110. The Balaban J connectivity index is 1.05. The van der Waals surface area contributed by atoms with Gasteiger partial charge < -0.3 is 14.7 Å². The number of β-amino-alcohol motifs (C(OH)–C–C–N with tert-alkyl or cyclic N) is 1. The SMILES string of the molecule is O=C1OCc2cc([C@@H](O)CN3CCN(C(=O)C4CCc5cc(-n6cnnn6)ccc54)CC3)ccc21. The fourth-order valence-electron chi connectivity index (χ4n) is 5.36. The van der Waals surface area contributed by atoms with Crippen molar-refractivity contribution in [2.45, 2.75) is 31.5 Å². The van der Waals surface area contributed by atoms with Crippen molar-refractivity contribution in [2.24, 2.45) is 0 Å². The topological polar surface area (TPSA) is 114 Å². The summed E-state index contributed by atoms with van der Waals surface area (Å²) in [5, 5.41) is 22.1. The minimum Gasteiger partial charge on any atom is -0.457 e. The fraction of sp³-hybridized carbons (Fsp3) is 0.400. The first-order valence-electron chi connectivity index (χ1n) is 11.9. The van der Waals surface area contributed by atoms with Crippen molar-refractivity contribution in [1.29, 1.82) is 0 Å². The van der Waals surface area contributed by atoms with E-state index in [4.69, 9.17) is 4.74 Å². The maximum absolute atomic E-state index is 13.3. The van der Waals surface area contributed by atoms with Gasteiger partial charge in [0.05, 0.1) is 23.3 Å². The number of esters is 1. The number of carbonyl (C=O) groups is 2. The maximum Gasteiger partial charge on any atom is 0.338 e. The molecule has 0 saturated carbocycles. The van der Waals surface area contributed by atoms with Crippen LogP contribution in [0.1, 0.15) is 51.1 Å². The standard InChI is InChI=1S/C25H26N6O4/c32-23(17-2-4-21-18(11-17)14-35-25(21)34)13-29-7-9-30(10-8-29)24(33)22-5-1-16-12-19(3-6-20(16)22)31-15-26-27-28-31/h2-4,6,11-12,15,22-23,32H,1,5,7-10,13-14H2/t22?,23-/m0/s1. The van der Waals surface area contributed by atoms with Gasteiger partial charge in [-0.1, -0.05) is 12.1 Å². The van der Waals surface area contributed by atoms with Crippen molar-refractivity contribution in [3.8, 4) is 5.69 Å². The molecule has 1 fully saturated rings. The Hall–Kier alpha value is -3.63. The number of aryl methyl sites for hydroxylation is 1. The minimum atomic E-state index is -0.658. The summed E-state index contributed by atoms with van der Waals surface area (Å²) >= 11 is 0. The average Bonchev–Trinajstić information content (AvgIpc) is 3.64. The molecular formula is C25H26N6O4. The van der Waals surface area contributed by atoms with E-state index in [9.17, 15) is 14.7 Å². The first-order valence-corrected chi connectivity index (χ1v) is 11.9. The van der Waals surface area contributed by atoms with Crippen molar-refractivity contribution in [3.63, 3.8) is 0 Å². The van der Waals surface area contributed by atoms with E-state index in [0.29, 0.717) is 38.3 Å². The summed E-state index contributed by atoms with van der Waals surface area (Å²) in [7, 11) is 0.